The molecule has 2 bridgehead atoms. The lowest BCUT2D eigenvalue weighted by atomic mass is 9.89. The zero-order valence-corrected chi connectivity index (χ0v) is 10.1. The van der Waals surface area contributed by atoms with Gasteiger partial charge in [-0.1, -0.05) is 13.3 Å². The van der Waals surface area contributed by atoms with Gasteiger partial charge in [-0.05, 0) is 31.6 Å². The quantitative estimate of drug-likeness (QED) is 0.651. The van der Waals surface area contributed by atoms with Crippen LogP contribution in [0, 0.1) is 5.92 Å². The summed E-state index contributed by atoms with van der Waals surface area (Å²) in [6, 6.07) is 1.28. The summed E-state index contributed by atoms with van der Waals surface area (Å²) in [6.07, 6.45) is 6.18. The van der Waals surface area contributed by atoms with Crippen molar-refractivity contribution in [3.05, 3.63) is 0 Å². The predicted molar refractivity (Wildman–Crippen MR) is 60.7 cm³/mol. The number of piperidine rings is 1. The fraction of sp³-hybridized carbons (Fsp3) is 0.917. The second-order valence-electron chi connectivity index (χ2n) is 5.21. The van der Waals surface area contributed by atoms with Gasteiger partial charge in [0.1, 0.15) is 0 Å². The molecule has 0 aliphatic carbocycles. The van der Waals surface area contributed by atoms with E-state index in [1.54, 1.807) is 4.90 Å². The third kappa shape index (κ3) is 1.84. The van der Waals surface area contributed by atoms with Crippen molar-refractivity contribution in [2.45, 2.75) is 51.1 Å². The van der Waals surface area contributed by atoms with Gasteiger partial charge in [0.15, 0.2) is 0 Å². The topological polar surface area (TPSA) is 23.6 Å². The Balaban J connectivity index is 2.07. The molecular weight excluding hydrogens is 188 g/mol. The minimum atomic E-state index is 0.219. The lowest BCUT2D eigenvalue weighted by Crippen LogP contribution is -2.50. The van der Waals surface area contributed by atoms with Gasteiger partial charge in [-0.3, -0.25) is 0 Å². The summed E-state index contributed by atoms with van der Waals surface area (Å²) >= 11 is 0. The Bertz CT molecular complexity index is 238. The van der Waals surface area contributed by atoms with Crippen molar-refractivity contribution in [1.29, 1.82) is 0 Å². The van der Waals surface area contributed by atoms with Crippen LogP contribution in [0.5, 0.6) is 0 Å². The van der Waals surface area contributed by atoms with Gasteiger partial charge in [-0.2, -0.15) is 0 Å². The molecule has 2 unspecified atom stereocenters. The zero-order chi connectivity index (χ0) is 11.0. The lowest BCUT2D eigenvalue weighted by Gasteiger charge is -2.40. The fourth-order valence-corrected chi connectivity index (χ4v) is 3.17. The Hall–Kier alpha value is -0.730. The first-order valence-corrected chi connectivity index (χ1v) is 6.13. The molecule has 2 atom stereocenters. The summed E-state index contributed by atoms with van der Waals surface area (Å²) in [6.45, 7) is 2.27. The van der Waals surface area contributed by atoms with Crippen molar-refractivity contribution in [1.82, 2.24) is 9.80 Å². The normalized spacial score (nSPS) is 34.3. The molecule has 0 spiro atoms. The van der Waals surface area contributed by atoms with Crippen LogP contribution in [0.4, 0.5) is 4.79 Å². The Morgan fingerprint density at radius 3 is 2.20 bits per heavy atom. The van der Waals surface area contributed by atoms with Crippen LogP contribution in [-0.4, -0.2) is 42.0 Å². The maximum Gasteiger partial charge on any atom is 0.319 e. The standard InChI is InChI=1S/C12H22N2O/c1-4-9-7-10-5-6-11(8-9)14(10)12(15)13(2)3/h9-11H,4-8H2,1-3H3. The molecular formula is C12H22N2O. The number of hydrogen-bond donors (Lipinski definition) is 0. The van der Waals surface area contributed by atoms with Crippen molar-refractivity contribution in [2.24, 2.45) is 5.92 Å². The molecule has 0 aromatic heterocycles. The molecule has 0 saturated carbocycles. The Morgan fingerprint density at radius 1 is 1.27 bits per heavy atom. The van der Waals surface area contributed by atoms with Crippen molar-refractivity contribution in [3.63, 3.8) is 0 Å². The highest BCUT2D eigenvalue weighted by Gasteiger charge is 2.42. The van der Waals surface area contributed by atoms with Gasteiger partial charge in [-0.25, -0.2) is 4.79 Å². The molecule has 0 aromatic carbocycles. The minimum Gasteiger partial charge on any atom is -0.331 e. The molecule has 2 rings (SSSR count). The van der Waals surface area contributed by atoms with Gasteiger partial charge in [0.05, 0.1) is 0 Å². The second-order valence-corrected chi connectivity index (χ2v) is 5.21. The molecule has 3 nitrogen and oxygen atoms in total. The maximum atomic E-state index is 12.0. The molecule has 3 heteroatoms. The summed E-state index contributed by atoms with van der Waals surface area (Å²) < 4.78 is 0. The van der Waals surface area contributed by atoms with Crippen LogP contribution in [0.15, 0.2) is 0 Å². The molecule has 15 heavy (non-hydrogen) atoms. The highest BCUT2D eigenvalue weighted by Crippen LogP contribution is 2.40. The third-order valence-corrected chi connectivity index (χ3v) is 4.01. The van der Waals surface area contributed by atoms with Gasteiger partial charge >= 0.3 is 6.03 Å². The van der Waals surface area contributed by atoms with E-state index in [4.69, 9.17) is 0 Å². The number of urea groups is 1. The second kappa shape index (κ2) is 4.03. The molecule has 2 heterocycles. The summed E-state index contributed by atoms with van der Waals surface area (Å²) in [5.41, 5.74) is 0. The summed E-state index contributed by atoms with van der Waals surface area (Å²) in [5, 5.41) is 0. The van der Waals surface area contributed by atoms with E-state index in [0.29, 0.717) is 12.1 Å². The molecule has 0 aromatic rings. The smallest absolute Gasteiger partial charge is 0.319 e. The number of rotatable bonds is 1. The molecule has 2 saturated heterocycles. The molecule has 2 aliphatic heterocycles. The zero-order valence-electron chi connectivity index (χ0n) is 10.1. The van der Waals surface area contributed by atoms with Gasteiger partial charge in [0.2, 0.25) is 0 Å². The average Bonchev–Trinajstić information content (AvgIpc) is 2.47. The van der Waals surface area contributed by atoms with E-state index in [-0.39, 0.29) is 6.03 Å². The lowest BCUT2D eigenvalue weighted by molar-refractivity contribution is 0.103. The van der Waals surface area contributed by atoms with Gasteiger partial charge in [0.25, 0.3) is 0 Å². The summed E-state index contributed by atoms with van der Waals surface area (Å²) in [5.74, 6) is 0.855. The van der Waals surface area contributed by atoms with Crippen molar-refractivity contribution in [2.75, 3.05) is 14.1 Å². The van der Waals surface area contributed by atoms with Crippen LogP contribution in [-0.2, 0) is 0 Å². The van der Waals surface area contributed by atoms with Crippen molar-refractivity contribution >= 4 is 6.03 Å². The number of nitrogens with zero attached hydrogens (tertiary/aromatic N) is 2. The van der Waals surface area contributed by atoms with E-state index in [1.807, 2.05) is 14.1 Å². The molecule has 2 fully saturated rings. The highest BCUT2D eigenvalue weighted by atomic mass is 16.2. The van der Waals surface area contributed by atoms with Crippen LogP contribution in [0.3, 0.4) is 0 Å². The highest BCUT2D eigenvalue weighted by molar-refractivity contribution is 5.75. The van der Waals surface area contributed by atoms with Crippen LogP contribution in [0.25, 0.3) is 0 Å². The SMILES string of the molecule is CCC1CC2CCC(C1)N2C(=O)N(C)C. The van der Waals surface area contributed by atoms with E-state index < -0.39 is 0 Å². The van der Waals surface area contributed by atoms with Crippen molar-refractivity contribution < 1.29 is 4.79 Å². The van der Waals surface area contributed by atoms with Gasteiger partial charge < -0.3 is 9.80 Å². The number of hydrogen-bond acceptors (Lipinski definition) is 1. The van der Waals surface area contributed by atoms with Gasteiger partial charge in [-0.15, -0.1) is 0 Å². The molecule has 2 aliphatic rings. The van der Waals surface area contributed by atoms with E-state index in [9.17, 15) is 4.79 Å². The number of fused-ring (bicyclic) bond motifs is 2. The van der Waals surface area contributed by atoms with Crippen LogP contribution >= 0.6 is 0 Å². The fourth-order valence-electron chi connectivity index (χ4n) is 3.17. The van der Waals surface area contributed by atoms with E-state index in [1.165, 1.54) is 32.1 Å². The largest absolute Gasteiger partial charge is 0.331 e. The van der Waals surface area contributed by atoms with Gasteiger partial charge in [0, 0.05) is 26.2 Å². The first-order valence-electron chi connectivity index (χ1n) is 6.13. The number of carbonyl (C=O) groups excluding carboxylic acids is 1. The van der Waals surface area contributed by atoms with Crippen molar-refractivity contribution in [3.8, 4) is 0 Å². The monoisotopic (exact) mass is 210 g/mol. The first-order chi connectivity index (χ1) is 7.13. The van der Waals surface area contributed by atoms with Crippen LogP contribution in [0.2, 0.25) is 0 Å². The first kappa shape index (κ1) is 10.8. The van der Waals surface area contributed by atoms with Crippen LogP contribution < -0.4 is 0 Å². The Labute approximate surface area is 92.4 Å². The maximum absolute atomic E-state index is 12.0. The molecule has 86 valence electrons. The summed E-state index contributed by atoms with van der Waals surface area (Å²) in [4.78, 5) is 15.9. The van der Waals surface area contributed by atoms with E-state index in [0.717, 1.165) is 5.92 Å². The molecule has 0 N–H and O–H groups in total. The van der Waals surface area contributed by atoms with E-state index in [2.05, 4.69) is 11.8 Å². The molecule has 0 radical (unpaired) electrons. The van der Waals surface area contributed by atoms with Crippen LogP contribution in [0.1, 0.15) is 39.0 Å². The number of carbonyl (C=O) groups is 1. The predicted octanol–water partition coefficient (Wildman–Crippen LogP) is 2.32. The molecule has 2 amide bonds. The Morgan fingerprint density at radius 2 is 1.80 bits per heavy atom. The minimum absolute atomic E-state index is 0.219. The van der Waals surface area contributed by atoms with E-state index >= 15 is 0 Å². The number of amides is 2. The Kier molecular flexibility index (Phi) is 2.89. The average molecular weight is 210 g/mol. The third-order valence-electron chi connectivity index (χ3n) is 4.01. The summed E-state index contributed by atoms with van der Waals surface area (Å²) in [7, 11) is 3.71.